The molecule has 0 aromatic carbocycles. The van der Waals surface area contributed by atoms with Crippen molar-refractivity contribution in [1.82, 2.24) is 20.3 Å². The molecule has 1 atom stereocenters. The second-order valence-corrected chi connectivity index (χ2v) is 7.56. The van der Waals surface area contributed by atoms with E-state index in [1.54, 1.807) is 11.1 Å². The van der Waals surface area contributed by atoms with Crippen LogP contribution >= 0.6 is 0 Å². The zero-order valence-corrected chi connectivity index (χ0v) is 12.6. The lowest BCUT2D eigenvalue weighted by Gasteiger charge is -2.56. The number of hydrogen-bond donors (Lipinski definition) is 1. The fraction of sp³-hybridized carbons (Fsp3) is 0.875. The highest BCUT2D eigenvalue weighted by atomic mass is 15.4. The molecule has 1 unspecified atom stereocenters. The molecule has 4 saturated carbocycles. The first-order valence-corrected chi connectivity index (χ1v) is 8.27. The van der Waals surface area contributed by atoms with Crippen LogP contribution in [0.25, 0.3) is 0 Å². The molecule has 0 aliphatic heterocycles. The van der Waals surface area contributed by atoms with Crippen molar-refractivity contribution in [3.05, 3.63) is 11.9 Å². The summed E-state index contributed by atoms with van der Waals surface area (Å²) in [6.07, 6.45) is 9.59. The second-order valence-electron chi connectivity index (χ2n) is 7.56. The number of aromatic nitrogens is 3. The van der Waals surface area contributed by atoms with E-state index in [1.165, 1.54) is 25.7 Å². The lowest BCUT2D eigenvalue weighted by molar-refractivity contribution is -0.0494. The van der Waals surface area contributed by atoms with Crippen LogP contribution in [0.2, 0.25) is 0 Å². The zero-order chi connectivity index (χ0) is 13.7. The van der Waals surface area contributed by atoms with Gasteiger partial charge in [-0.25, -0.2) is 0 Å². The normalized spacial score (nSPS) is 40.2. The third-order valence-corrected chi connectivity index (χ3v) is 6.13. The third kappa shape index (κ3) is 2.18. The summed E-state index contributed by atoms with van der Waals surface area (Å²) in [5, 5.41) is 11.9. The van der Waals surface area contributed by atoms with Crippen molar-refractivity contribution >= 4 is 0 Å². The Kier molecular flexibility index (Phi) is 3.09. The van der Waals surface area contributed by atoms with Crippen LogP contribution in [-0.4, -0.2) is 21.0 Å². The number of aryl methyl sites for hydroxylation is 1. The first-order chi connectivity index (χ1) is 9.69. The second kappa shape index (κ2) is 4.83. The largest absolute Gasteiger partial charge is 0.308 e. The van der Waals surface area contributed by atoms with Crippen molar-refractivity contribution in [1.29, 1.82) is 0 Å². The molecule has 4 bridgehead atoms. The molecule has 0 amide bonds. The van der Waals surface area contributed by atoms with Gasteiger partial charge in [0.15, 0.2) is 0 Å². The molecule has 4 aliphatic carbocycles. The summed E-state index contributed by atoms with van der Waals surface area (Å²) in [5.41, 5.74) is 1.06. The first-order valence-electron chi connectivity index (χ1n) is 8.27. The Morgan fingerprint density at radius 2 is 1.85 bits per heavy atom. The maximum absolute atomic E-state index is 4.17. The fourth-order valence-electron chi connectivity index (χ4n) is 5.66. The minimum atomic E-state index is 0.618. The van der Waals surface area contributed by atoms with E-state index in [2.05, 4.69) is 22.6 Å². The van der Waals surface area contributed by atoms with Crippen molar-refractivity contribution in [3.8, 4) is 0 Å². The quantitative estimate of drug-likeness (QED) is 0.916. The van der Waals surface area contributed by atoms with E-state index in [1.807, 2.05) is 13.2 Å². The smallest absolute Gasteiger partial charge is 0.0964 e. The van der Waals surface area contributed by atoms with Crippen molar-refractivity contribution < 1.29 is 0 Å². The summed E-state index contributed by atoms with van der Waals surface area (Å²) >= 11 is 0. The summed E-state index contributed by atoms with van der Waals surface area (Å²) < 4.78 is 1.78. The predicted molar refractivity (Wildman–Crippen MR) is 77.8 cm³/mol. The Morgan fingerprint density at radius 1 is 1.20 bits per heavy atom. The molecule has 0 spiro atoms. The Morgan fingerprint density at radius 3 is 2.40 bits per heavy atom. The van der Waals surface area contributed by atoms with Gasteiger partial charge in [0.25, 0.3) is 0 Å². The van der Waals surface area contributed by atoms with Gasteiger partial charge in [0.1, 0.15) is 0 Å². The molecular weight excluding hydrogens is 248 g/mol. The van der Waals surface area contributed by atoms with E-state index in [0.29, 0.717) is 6.04 Å². The molecule has 0 radical (unpaired) electrons. The van der Waals surface area contributed by atoms with E-state index in [9.17, 15) is 0 Å². The van der Waals surface area contributed by atoms with Crippen LogP contribution in [0.1, 0.15) is 44.7 Å². The molecule has 1 aromatic heterocycles. The summed E-state index contributed by atoms with van der Waals surface area (Å²) in [5.74, 6) is 5.03. The van der Waals surface area contributed by atoms with Gasteiger partial charge in [0.05, 0.1) is 5.69 Å². The molecule has 4 nitrogen and oxygen atoms in total. The molecule has 1 N–H and O–H groups in total. The van der Waals surface area contributed by atoms with Crippen LogP contribution in [0.3, 0.4) is 0 Å². The Hall–Kier alpha value is -0.900. The van der Waals surface area contributed by atoms with Gasteiger partial charge in [-0.3, -0.25) is 4.68 Å². The van der Waals surface area contributed by atoms with Crippen molar-refractivity contribution in [2.75, 3.05) is 0 Å². The van der Waals surface area contributed by atoms with Gasteiger partial charge in [0.2, 0.25) is 0 Å². The van der Waals surface area contributed by atoms with Gasteiger partial charge in [-0.1, -0.05) is 5.21 Å². The van der Waals surface area contributed by atoms with E-state index in [4.69, 9.17) is 0 Å². The number of nitrogens with zero attached hydrogens (tertiary/aromatic N) is 3. The monoisotopic (exact) mass is 274 g/mol. The predicted octanol–water partition coefficient (Wildman–Crippen LogP) is 2.37. The van der Waals surface area contributed by atoms with Crippen molar-refractivity contribution in [2.24, 2.45) is 36.6 Å². The Balaban J connectivity index is 1.40. The molecule has 1 aromatic rings. The molecule has 4 heteroatoms. The highest BCUT2D eigenvalue weighted by molar-refractivity contribution is 5.01. The molecule has 20 heavy (non-hydrogen) atoms. The summed E-state index contributed by atoms with van der Waals surface area (Å²) in [4.78, 5) is 0. The van der Waals surface area contributed by atoms with Gasteiger partial charge in [0, 0.05) is 25.8 Å². The molecule has 5 rings (SSSR count). The maximum atomic E-state index is 4.17. The Labute approximate surface area is 121 Å². The minimum Gasteiger partial charge on any atom is -0.308 e. The van der Waals surface area contributed by atoms with Gasteiger partial charge in [-0.15, -0.1) is 5.10 Å². The van der Waals surface area contributed by atoms with Crippen LogP contribution in [-0.2, 0) is 13.6 Å². The first kappa shape index (κ1) is 12.8. The van der Waals surface area contributed by atoms with E-state index in [-0.39, 0.29) is 0 Å². The minimum absolute atomic E-state index is 0.618. The van der Waals surface area contributed by atoms with Crippen LogP contribution in [0.15, 0.2) is 6.20 Å². The van der Waals surface area contributed by atoms with Crippen LogP contribution in [0.4, 0.5) is 0 Å². The molecular formula is C16H26N4. The summed E-state index contributed by atoms with van der Waals surface area (Å²) in [6.45, 7) is 3.25. The average Bonchev–Trinajstić information content (AvgIpc) is 2.81. The SMILES string of the molecule is CC(NCc1cn(C)nn1)C1C2CC3CC(C2)CC1C3. The standard InChI is InChI=1S/C16H26N4/c1-10(17-8-15-9-20(2)19-18-15)16-13-4-11-3-12(6-13)7-14(16)5-11/h9-14,16-17H,3-8H2,1-2H3. The van der Waals surface area contributed by atoms with E-state index < -0.39 is 0 Å². The summed E-state index contributed by atoms with van der Waals surface area (Å²) in [6, 6.07) is 0.618. The maximum Gasteiger partial charge on any atom is 0.0964 e. The zero-order valence-electron chi connectivity index (χ0n) is 12.6. The molecule has 1 heterocycles. The van der Waals surface area contributed by atoms with Crippen molar-refractivity contribution in [2.45, 2.75) is 51.6 Å². The number of nitrogens with one attached hydrogen (secondary N) is 1. The molecule has 0 saturated heterocycles. The van der Waals surface area contributed by atoms with E-state index in [0.717, 1.165) is 41.8 Å². The van der Waals surface area contributed by atoms with Gasteiger partial charge in [-0.2, -0.15) is 0 Å². The van der Waals surface area contributed by atoms with Gasteiger partial charge in [-0.05, 0) is 68.6 Å². The highest BCUT2D eigenvalue weighted by Gasteiger charge is 2.49. The average molecular weight is 274 g/mol. The van der Waals surface area contributed by atoms with Crippen LogP contribution in [0.5, 0.6) is 0 Å². The van der Waals surface area contributed by atoms with Crippen LogP contribution < -0.4 is 5.32 Å². The van der Waals surface area contributed by atoms with Crippen molar-refractivity contribution in [3.63, 3.8) is 0 Å². The number of hydrogen-bond acceptors (Lipinski definition) is 3. The highest BCUT2D eigenvalue weighted by Crippen LogP contribution is 2.57. The molecule has 4 aliphatic rings. The van der Waals surface area contributed by atoms with Gasteiger partial charge < -0.3 is 5.32 Å². The van der Waals surface area contributed by atoms with E-state index >= 15 is 0 Å². The lowest BCUT2D eigenvalue weighted by Crippen LogP contribution is -2.51. The molecule has 110 valence electrons. The topological polar surface area (TPSA) is 42.7 Å². The summed E-state index contributed by atoms with van der Waals surface area (Å²) in [7, 11) is 1.93. The van der Waals surface area contributed by atoms with Gasteiger partial charge >= 0.3 is 0 Å². The lowest BCUT2D eigenvalue weighted by atomic mass is 9.50. The van der Waals surface area contributed by atoms with Crippen LogP contribution in [0, 0.1) is 29.6 Å². The molecule has 4 fully saturated rings. The Bertz CT molecular complexity index is 453. The number of rotatable bonds is 4. The fourth-order valence-corrected chi connectivity index (χ4v) is 5.66. The third-order valence-electron chi connectivity index (χ3n) is 6.13.